The summed E-state index contributed by atoms with van der Waals surface area (Å²) in [5.74, 6) is -1.08. The van der Waals surface area contributed by atoms with Crippen molar-refractivity contribution >= 4 is 23.5 Å². The van der Waals surface area contributed by atoms with Gasteiger partial charge in [-0.1, -0.05) is 32.0 Å². The summed E-state index contributed by atoms with van der Waals surface area (Å²) in [5, 5.41) is 2.78. The first-order chi connectivity index (χ1) is 13.3. The molecular weight excluding hydrogens is 358 g/mol. The van der Waals surface area contributed by atoms with Crippen LogP contribution in [0.15, 0.2) is 30.3 Å². The normalized spacial score (nSPS) is 22.7. The van der Waals surface area contributed by atoms with Crippen molar-refractivity contribution in [3.63, 3.8) is 0 Å². The minimum Gasteiger partial charge on any atom is -0.330 e. The van der Waals surface area contributed by atoms with E-state index in [9.17, 15) is 19.2 Å². The minimum absolute atomic E-state index is 0.0523. The summed E-state index contributed by atoms with van der Waals surface area (Å²) in [6, 6.07) is 7.33. The Bertz CT molecular complexity index is 777. The molecule has 2 fully saturated rings. The van der Waals surface area contributed by atoms with E-state index in [1.807, 2.05) is 6.07 Å². The first kappa shape index (κ1) is 20.0. The molecule has 0 aromatic heterocycles. The molecule has 2 aliphatic heterocycles. The number of likely N-dealkylation sites (N-methyl/N-ethyl adjacent to an activating group) is 1. The van der Waals surface area contributed by atoms with Gasteiger partial charge in [0.05, 0.1) is 0 Å². The highest BCUT2D eigenvalue weighted by Crippen LogP contribution is 2.28. The molecule has 1 aromatic carbocycles. The van der Waals surface area contributed by atoms with Crippen LogP contribution in [0.4, 0.5) is 0 Å². The number of hydrazine groups is 1. The van der Waals surface area contributed by atoms with Crippen molar-refractivity contribution in [3.8, 4) is 0 Å². The van der Waals surface area contributed by atoms with Crippen molar-refractivity contribution in [2.24, 2.45) is 5.92 Å². The third-order valence-electron chi connectivity index (χ3n) is 5.54. The van der Waals surface area contributed by atoms with Gasteiger partial charge in [-0.3, -0.25) is 24.2 Å². The minimum atomic E-state index is -0.776. The molecule has 150 valence electrons. The zero-order chi connectivity index (χ0) is 20.4. The van der Waals surface area contributed by atoms with E-state index >= 15 is 0 Å². The molecule has 0 saturated carbocycles. The number of rotatable bonds is 4. The molecule has 2 aliphatic rings. The van der Waals surface area contributed by atoms with Crippen molar-refractivity contribution in [2.45, 2.75) is 51.6 Å². The highest BCUT2D eigenvalue weighted by Gasteiger charge is 2.46. The predicted octanol–water partition coefficient (Wildman–Crippen LogP) is 1.88. The lowest BCUT2D eigenvalue weighted by molar-refractivity contribution is -0.177. The fraction of sp³-hybridized carbons (Fsp3) is 0.524. The van der Waals surface area contributed by atoms with E-state index in [0.717, 1.165) is 0 Å². The van der Waals surface area contributed by atoms with E-state index in [0.29, 0.717) is 24.9 Å². The third kappa shape index (κ3) is 3.66. The van der Waals surface area contributed by atoms with Gasteiger partial charge in [-0.2, -0.15) is 0 Å². The van der Waals surface area contributed by atoms with Crippen molar-refractivity contribution in [1.29, 1.82) is 0 Å². The number of carbonyl (C=O) groups excluding carboxylic acids is 4. The van der Waals surface area contributed by atoms with Gasteiger partial charge in [-0.25, -0.2) is 5.01 Å². The number of hydrogen-bond donors (Lipinski definition) is 0. The number of fused-ring (bicyclic) bond motifs is 1. The van der Waals surface area contributed by atoms with Crippen LogP contribution in [0, 0.1) is 5.92 Å². The summed E-state index contributed by atoms with van der Waals surface area (Å²) in [5.41, 5.74) is 0.485. The predicted molar refractivity (Wildman–Crippen MR) is 103 cm³/mol. The highest BCUT2D eigenvalue weighted by molar-refractivity contribution is 5.99. The van der Waals surface area contributed by atoms with Crippen LogP contribution in [-0.2, 0) is 14.4 Å². The van der Waals surface area contributed by atoms with Gasteiger partial charge in [0.1, 0.15) is 12.1 Å². The molecule has 3 rings (SSSR count). The standard InChI is InChI=1S/C21H27N3O4/c1-14(2)19(26)16-10-7-13-23-18(25)12-11-17(21(28)24(16)23)22(3)20(27)15-8-5-4-6-9-15/h4-6,8-9,14,16-17H,7,10-13H2,1-3H3/t16-,17-/m0/s1. The summed E-state index contributed by atoms with van der Waals surface area (Å²) in [7, 11) is 1.58. The maximum Gasteiger partial charge on any atom is 0.264 e. The first-order valence-corrected chi connectivity index (χ1v) is 9.82. The Balaban J connectivity index is 1.91. The number of ketones is 1. The summed E-state index contributed by atoms with van der Waals surface area (Å²) in [4.78, 5) is 53.1. The number of benzene rings is 1. The van der Waals surface area contributed by atoms with Gasteiger partial charge in [0.2, 0.25) is 5.91 Å². The van der Waals surface area contributed by atoms with E-state index in [1.54, 1.807) is 45.2 Å². The van der Waals surface area contributed by atoms with Gasteiger partial charge in [0.25, 0.3) is 11.8 Å². The first-order valence-electron chi connectivity index (χ1n) is 9.82. The van der Waals surface area contributed by atoms with Gasteiger partial charge in [0, 0.05) is 31.5 Å². The van der Waals surface area contributed by atoms with E-state index in [2.05, 4.69) is 0 Å². The Morgan fingerprint density at radius 2 is 1.79 bits per heavy atom. The fourth-order valence-corrected chi connectivity index (χ4v) is 3.95. The number of nitrogens with zero attached hydrogens (tertiary/aromatic N) is 3. The number of carbonyl (C=O) groups is 4. The Kier molecular flexibility index (Phi) is 5.82. The zero-order valence-electron chi connectivity index (χ0n) is 16.6. The summed E-state index contributed by atoms with van der Waals surface area (Å²) in [6.45, 7) is 4.03. The van der Waals surface area contributed by atoms with Crippen LogP contribution >= 0.6 is 0 Å². The molecule has 2 atom stereocenters. The molecule has 2 heterocycles. The second-order valence-corrected chi connectivity index (χ2v) is 7.75. The zero-order valence-corrected chi connectivity index (χ0v) is 16.6. The Morgan fingerprint density at radius 1 is 1.11 bits per heavy atom. The lowest BCUT2D eigenvalue weighted by Gasteiger charge is -2.44. The highest BCUT2D eigenvalue weighted by atomic mass is 16.2. The van der Waals surface area contributed by atoms with Crippen molar-refractivity contribution in [3.05, 3.63) is 35.9 Å². The molecule has 0 N–H and O–H groups in total. The number of hydrogen-bond acceptors (Lipinski definition) is 4. The van der Waals surface area contributed by atoms with Crippen LogP contribution < -0.4 is 0 Å². The third-order valence-corrected chi connectivity index (χ3v) is 5.54. The summed E-state index contributed by atoms with van der Waals surface area (Å²) >= 11 is 0. The topological polar surface area (TPSA) is 78.0 Å². The molecule has 0 aliphatic carbocycles. The van der Waals surface area contributed by atoms with E-state index in [4.69, 9.17) is 0 Å². The van der Waals surface area contributed by atoms with Gasteiger partial charge >= 0.3 is 0 Å². The van der Waals surface area contributed by atoms with Crippen LogP contribution in [0.3, 0.4) is 0 Å². The summed E-state index contributed by atoms with van der Waals surface area (Å²) < 4.78 is 0. The molecule has 2 saturated heterocycles. The van der Waals surface area contributed by atoms with Gasteiger partial charge < -0.3 is 4.90 Å². The van der Waals surface area contributed by atoms with Crippen LogP contribution in [-0.4, -0.2) is 64.1 Å². The smallest absolute Gasteiger partial charge is 0.264 e. The molecule has 0 unspecified atom stereocenters. The number of amides is 3. The molecule has 1 aromatic rings. The lowest BCUT2D eigenvalue weighted by atomic mass is 9.95. The second kappa shape index (κ2) is 8.12. The van der Waals surface area contributed by atoms with Crippen LogP contribution in [0.2, 0.25) is 0 Å². The maximum atomic E-state index is 13.4. The van der Waals surface area contributed by atoms with Crippen LogP contribution in [0.5, 0.6) is 0 Å². The molecular formula is C21H27N3O4. The van der Waals surface area contributed by atoms with Gasteiger partial charge in [-0.05, 0) is 31.4 Å². The summed E-state index contributed by atoms with van der Waals surface area (Å²) in [6.07, 6.45) is 1.64. The van der Waals surface area contributed by atoms with Crippen molar-refractivity contribution in [2.75, 3.05) is 13.6 Å². The average Bonchev–Trinajstić information content (AvgIpc) is 2.84. The Labute approximate surface area is 165 Å². The van der Waals surface area contributed by atoms with Crippen molar-refractivity contribution < 1.29 is 19.2 Å². The Morgan fingerprint density at radius 3 is 2.43 bits per heavy atom. The lowest BCUT2D eigenvalue weighted by Crippen LogP contribution is -2.62. The average molecular weight is 385 g/mol. The number of Topliss-reactive ketones (excluding diaryl/α,β-unsaturated/α-hetero) is 1. The van der Waals surface area contributed by atoms with Gasteiger partial charge in [0.15, 0.2) is 5.78 Å². The monoisotopic (exact) mass is 385 g/mol. The van der Waals surface area contributed by atoms with Gasteiger partial charge in [-0.15, -0.1) is 0 Å². The van der Waals surface area contributed by atoms with Crippen LogP contribution in [0.25, 0.3) is 0 Å². The van der Waals surface area contributed by atoms with E-state index in [1.165, 1.54) is 14.9 Å². The van der Waals surface area contributed by atoms with Crippen LogP contribution in [0.1, 0.15) is 49.9 Å². The SMILES string of the molecule is CC(C)C(=O)[C@@H]1CCCN2C(=O)CC[C@H](N(C)C(=O)c3ccccc3)C(=O)N12. The molecule has 0 radical (unpaired) electrons. The molecule has 7 nitrogen and oxygen atoms in total. The van der Waals surface area contributed by atoms with E-state index < -0.39 is 12.1 Å². The maximum absolute atomic E-state index is 13.4. The quantitative estimate of drug-likeness (QED) is 0.793. The largest absolute Gasteiger partial charge is 0.330 e. The second-order valence-electron chi connectivity index (χ2n) is 7.75. The molecule has 28 heavy (non-hydrogen) atoms. The molecule has 7 heteroatoms. The molecule has 3 amide bonds. The molecule has 0 bridgehead atoms. The van der Waals surface area contributed by atoms with E-state index in [-0.39, 0.29) is 42.3 Å². The fourth-order valence-electron chi connectivity index (χ4n) is 3.95. The molecule has 0 spiro atoms. The Hall–Kier alpha value is -2.70. The van der Waals surface area contributed by atoms with Crippen molar-refractivity contribution in [1.82, 2.24) is 14.9 Å².